The highest BCUT2D eigenvalue weighted by molar-refractivity contribution is 5.72. The summed E-state index contributed by atoms with van der Waals surface area (Å²) in [6.45, 7) is 19.3. The quantitative estimate of drug-likeness (QED) is 0.414. The minimum atomic E-state index is -1.00. The van der Waals surface area contributed by atoms with Crippen molar-refractivity contribution >= 4 is 5.97 Å². The molecule has 222 valence electrons. The molecule has 0 aliphatic carbocycles. The number of cyclic esters (lactones) is 1. The van der Waals surface area contributed by atoms with Crippen LogP contribution in [0, 0.1) is 17.8 Å². The highest BCUT2D eigenvalue weighted by Crippen LogP contribution is 2.27. The molecule has 2 aliphatic heterocycles. The van der Waals surface area contributed by atoms with Crippen molar-refractivity contribution in [2.75, 3.05) is 20.6 Å². The van der Waals surface area contributed by atoms with Crippen LogP contribution in [0.25, 0.3) is 0 Å². The van der Waals surface area contributed by atoms with E-state index in [1.807, 2.05) is 48.7 Å². The van der Waals surface area contributed by atoms with Crippen LogP contribution in [0.1, 0.15) is 114 Å². The molecule has 7 unspecified atom stereocenters. The lowest BCUT2D eigenvalue weighted by Gasteiger charge is -2.35. The number of rotatable bonds is 2. The Balaban J connectivity index is 0.000000827. The fourth-order valence-corrected chi connectivity index (χ4v) is 5.64. The summed E-state index contributed by atoms with van der Waals surface area (Å²) in [7, 11) is 4.07. The molecule has 7 heteroatoms. The van der Waals surface area contributed by atoms with Gasteiger partial charge in [-0.15, -0.1) is 0 Å². The van der Waals surface area contributed by atoms with Gasteiger partial charge in [-0.25, -0.2) is 0 Å². The summed E-state index contributed by atoms with van der Waals surface area (Å²) in [5, 5.41) is 23.6. The number of nitrogens with one attached hydrogen (secondary N) is 1. The molecular formula is C30H62N2O5. The molecule has 37 heavy (non-hydrogen) atoms. The predicted octanol–water partition coefficient (Wildman–Crippen LogP) is 5.37. The molecule has 9 atom stereocenters. The Morgan fingerprint density at radius 3 is 2.19 bits per heavy atom. The molecule has 0 spiro atoms. The number of carbonyl (C=O) groups excluding carboxylic acids is 1. The molecule has 2 aliphatic rings. The van der Waals surface area contributed by atoms with Gasteiger partial charge < -0.3 is 29.9 Å². The third-order valence-electron chi connectivity index (χ3n) is 7.57. The van der Waals surface area contributed by atoms with Crippen LogP contribution in [0.3, 0.4) is 0 Å². The Morgan fingerprint density at radius 2 is 1.65 bits per heavy atom. The van der Waals surface area contributed by atoms with Gasteiger partial charge in [0.05, 0.1) is 12.0 Å². The molecule has 0 amide bonds. The molecule has 0 radical (unpaired) electrons. The van der Waals surface area contributed by atoms with Crippen molar-refractivity contribution in [2.45, 2.75) is 150 Å². The zero-order valence-electron chi connectivity index (χ0n) is 26.0. The van der Waals surface area contributed by atoms with Gasteiger partial charge in [-0.1, -0.05) is 41.5 Å². The van der Waals surface area contributed by atoms with E-state index in [2.05, 4.69) is 31.0 Å². The Labute approximate surface area is 229 Å². The molecule has 0 aromatic heterocycles. The van der Waals surface area contributed by atoms with Gasteiger partial charge in [0.15, 0.2) is 6.29 Å². The van der Waals surface area contributed by atoms with Crippen molar-refractivity contribution < 1.29 is 24.5 Å². The van der Waals surface area contributed by atoms with Crippen LogP contribution in [0.4, 0.5) is 0 Å². The molecule has 2 fully saturated rings. The largest absolute Gasteiger partial charge is 0.459 e. The second-order valence-corrected chi connectivity index (χ2v) is 12.0. The predicted molar refractivity (Wildman–Crippen MR) is 153 cm³/mol. The first-order valence-corrected chi connectivity index (χ1v) is 14.9. The number of hydrogen-bond acceptors (Lipinski definition) is 7. The van der Waals surface area contributed by atoms with Gasteiger partial charge in [-0.2, -0.15) is 0 Å². The van der Waals surface area contributed by atoms with Crippen LogP contribution < -0.4 is 5.32 Å². The molecule has 2 saturated heterocycles. The van der Waals surface area contributed by atoms with E-state index < -0.39 is 18.0 Å². The Hall–Kier alpha value is -0.730. The number of aliphatic hydroxyl groups excluding tert-OH is 1. The van der Waals surface area contributed by atoms with E-state index in [1.165, 1.54) is 6.42 Å². The highest BCUT2D eigenvalue weighted by Gasteiger charge is 2.36. The lowest BCUT2D eigenvalue weighted by Crippen LogP contribution is -2.47. The molecule has 3 N–H and O–H groups in total. The maximum atomic E-state index is 12.5. The number of ether oxygens (including phenoxy) is 2. The Bertz CT molecular complexity index is 591. The topological polar surface area (TPSA) is 91.3 Å². The minimum absolute atomic E-state index is 0.113. The average molecular weight is 531 g/mol. The summed E-state index contributed by atoms with van der Waals surface area (Å²) in [5.74, 6) is 0.909. The van der Waals surface area contributed by atoms with Crippen LogP contribution in [0.5, 0.6) is 0 Å². The van der Waals surface area contributed by atoms with Gasteiger partial charge in [0.1, 0.15) is 11.7 Å². The summed E-state index contributed by atoms with van der Waals surface area (Å²) in [5.41, 5.74) is -1.00. The van der Waals surface area contributed by atoms with E-state index in [-0.39, 0.29) is 24.0 Å². The average Bonchev–Trinajstić information content (AvgIpc) is 2.80. The standard InChI is InChI=1S/C20H39NO3.C8H17NO2.C2H6/c1-7-18-20(6,23)13-17(5)21-10-8-9-14(2)11-15(3)12-16(4)19(22)24-18;1-6-4-7(9(2)3)5-8(10)11-6;1-2/h14-18,21,23H,7-13H2,1-6H3;6-8,10H,4-5H2,1-3H3;1-2H3/t14?,15?,16?,17-,18?,20+;;/m1../s1. The molecule has 0 bridgehead atoms. The van der Waals surface area contributed by atoms with E-state index in [9.17, 15) is 15.0 Å². The summed E-state index contributed by atoms with van der Waals surface area (Å²) < 4.78 is 10.9. The molecule has 0 aromatic rings. The van der Waals surface area contributed by atoms with Crippen LogP contribution in [0.2, 0.25) is 0 Å². The SMILES string of the molecule is CC.CC1CC(N(C)C)CC(O)O1.CCC1OC(=O)C(C)CC(C)CC(C)CCCN[C@H](C)C[C@]1(C)O. The maximum absolute atomic E-state index is 12.5. The first-order valence-electron chi connectivity index (χ1n) is 14.9. The Kier molecular flexibility index (Phi) is 18.2. The monoisotopic (exact) mass is 530 g/mol. The van der Waals surface area contributed by atoms with Crippen molar-refractivity contribution in [2.24, 2.45) is 17.8 Å². The van der Waals surface area contributed by atoms with E-state index >= 15 is 0 Å². The number of esters is 1. The van der Waals surface area contributed by atoms with Gasteiger partial charge in [-0.3, -0.25) is 4.79 Å². The van der Waals surface area contributed by atoms with Gasteiger partial charge in [0.25, 0.3) is 0 Å². The van der Waals surface area contributed by atoms with Crippen LogP contribution >= 0.6 is 0 Å². The van der Waals surface area contributed by atoms with Crippen LogP contribution in [-0.4, -0.2) is 77.9 Å². The van der Waals surface area contributed by atoms with Crippen LogP contribution in [-0.2, 0) is 14.3 Å². The fourth-order valence-electron chi connectivity index (χ4n) is 5.64. The second kappa shape index (κ2) is 18.5. The fraction of sp³-hybridized carbons (Fsp3) is 0.967. The molecule has 2 rings (SSSR count). The number of hydrogen-bond donors (Lipinski definition) is 3. The summed E-state index contributed by atoms with van der Waals surface area (Å²) in [4.78, 5) is 14.6. The minimum Gasteiger partial charge on any atom is -0.459 e. The third-order valence-corrected chi connectivity index (χ3v) is 7.57. The lowest BCUT2D eigenvalue weighted by molar-refractivity contribution is -0.172. The second-order valence-electron chi connectivity index (χ2n) is 12.0. The van der Waals surface area contributed by atoms with E-state index in [4.69, 9.17) is 9.47 Å². The zero-order valence-corrected chi connectivity index (χ0v) is 26.0. The summed E-state index contributed by atoms with van der Waals surface area (Å²) in [6, 6.07) is 0.665. The van der Waals surface area contributed by atoms with E-state index in [0.29, 0.717) is 30.7 Å². The number of carbonyl (C=O) groups is 1. The number of nitrogens with zero attached hydrogens (tertiary/aromatic N) is 1. The van der Waals surface area contributed by atoms with Crippen molar-refractivity contribution in [3.8, 4) is 0 Å². The van der Waals surface area contributed by atoms with Gasteiger partial charge in [0, 0.05) is 18.5 Å². The third kappa shape index (κ3) is 14.9. The first-order chi connectivity index (χ1) is 17.2. The van der Waals surface area contributed by atoms with Gasteiger partial charge in [-0.05, 0) is 98.2 Å². The van der Waals surface area contributed by atoms with Crippen molar-refractivity contribution in [3.05, 3.63) is 0 Å². The normalized spacial score (nSPS) is 38.6. The van der Waals surface area contributed by atoms with E-state index in [0.717, 1.165) is 38.6 Å². The molecule has 7 nitrogen and oxygen atoms in total. The Morgan fingerprint density at radius 1 is 1.03 bits per heavy atom. The molecule has 0 aromatic carbocycles. The first kappa shape index (κ1) is 36.3. The molecule has 2 heterocycles. The highest BCUT2D eigenvalue weighted by atomic mass is 16.6. The van der Waals surface area contributed by atoms with Crippen molar-refractivity contribution in [1.82, 2.24) is 10.2 Å². The summed E-state index contributed by atoms with van der Waals surface area (Å²) >= 11 is 0. The van der Waals surface area contributed by atoms with Gasteiger partial charge in [0.2, 0.25) is 0 Å². The number of aliphatic hydroxyl groups is 2. The maximum Gasteiger partial charge on any atom is 0.309 e. The smallest absolute Gasteiger partial charge is 0.309 e. The van der Waals surface area contributed by atoms with E-state index in [1.54, 1.807) is 6.92 Å². The lowest BCUT2D eigenvalue weighted by atomic mass is 9.87. The van der Waals surface area contributed by atoms with Gasteiger partial charge >= 0.3 is 5.97 Å². The summed E-state index contributed by atoms with van der Waals surface area (Å²) in [6.07, 6.45) is 6.51. The zero-order chi connectivity index (χ0) is 28.8. The van der Waals surface area contributed by atoms with Crippen LogP contribution in [0.15, 0.2) is 0 Å². The van der Waals surface area contributed by atoms with Crippen molar-refractivity contribution in [3.63, 3.8) is 0 Å². The molecule has 0 saturated carbocycles. The van der Waals surface area contributed by atoms with Crippen molar-refractivity contribution in [1.29, 1.82) is 0 Å². The molecular weight excluding hydrogens is 468 g/mol.